The van der Waals surface area contributed by atoms with E-state index in [4.69, 9.17) is 9.47 Å². The van der Waals surface area contributed by atoms with E-state index in [1.807, 2.05) is 18.5 Å². The normalized spacial score (nSPS) is 28.0. The van der Waals surface area contributed by atoms with Gasteiger partial charge in [-0.05, 0) is 13.3 Å². The van der Waals surface area contributed by atoms with Crippen LogP contribution in [0.5, 0.6) is 0 Å². The van der Waals surface area contributed by atoms with Gasteiger partial charge in [-0.25, -0.2) is 4.98 Å². The van der Waals surface area contributed by atoms with Crippen LogP contribution in [0.4, 0.5) is 0 Å². The molecule has 1 aromatic heterocycles. The zero-order chi connectivity index (χ0) is 12.1. The minimum atomic E-state index is 0.200. The maximum atomic E-state index is 5.59. The maximum Gasteiger partial charge on any atom is 0.0986 e. The van der Waals surface area contributed by atoms with Crippen LogP contribution in [0.25, 0.3) is 0 Å². The summed E-state index contributed by atoms with van der Waals surface area (Å²) in [5.74, 6) is 0. The van der Waals surface area contributed by atoms with Gasteiger partial charge in [-0.15, -0.1) is 11.3 Å². The molecule has 1 saturated carbocycles. The second-order valence-corrected chi connectivity index (χ2v) is 5.15. The van der Waals surface area contributed by atoms with Gasteiger partial charge in [0.2, 0.25) is 0 Å². The van der Waals surface area contributed by atoms with Crippen molar-refractivity contribution >= 4 is 11.3 Å². The number of nitrogens with zero attached hydrogens (tertiary/aromatic N) is 1. The summed E-state index contributed by atoms with van der Waals surface area (Å²) in [5.41, 5.74) is 0. The van der Waals surface area contributed by atoms with Crippen LogP contribution >= 0.6 is 11.3 Å². The number of ether oxygens (including phenoxy) is 2. The van der Waals surface area contributed by atoms with Crippen molar-refractivity contribution in [3.05, 3.63) is 16.6 Å². The van der Waals surface area contributed by atoms with Gasteiger partial charge in [0.05, 0.1) is 17.2 Å². The lowest BCUT2D eigenvalue weighted by Gasteiger charge is -2.43. The molecule has 0 spiro atoms. The van der Waals surface area contributed by atoms with Crippen LogP contribution in [-0.2, 0) is 15.9 Å². The van der Waals surface area contributed by atoms with Gasteiger partial charge in [0.1, 0.15) is 0 Å². The van der Waals surface area contributed by atoms with Crippen LogP contribution in [0, 0.1) is 0 Å². The molecule has 1 heterocycles. The Balaban J connectivity index is 1.66. The predicted octanol–water partition coefficient (Wildman–Crippen LogP) is 1.47. The third-order valence-electron chi connectivity index (χ3n) is 3.13. The lowest BCUT2D eigenvalue weighted by atomic mass is 9.85. The number of rotatable bonds is 7. The second kappa shape index (κ2) is 6.44. The van der Waals surface area contributed by atoms with Gasteiger partial charge in [0, 0.05) is 44.3 Å². The maximum absolute atomic E-state index is 5.59. The molecule has 0 saturated heterocycles. The van der Waals surface area contributed by atoms with Crippen molar-refractivity contribution in [2.24, 2.45) is 0 Å². The molecule has 1 fully saturated rings. The Kier molecular flexibility index (Phi) is 4.91. The first kappa shape index (κ1) is 13.0. The van der Waals surface area contributed by atoms with Crippen LogP contribution in [0.1, 0.15) is 18.4 Å². The first-order valence-corrected chi connectivity index (χ1v) is 6.99. The first-order valence-electron chi connectivity index (χ1n) is 6.11. The van der Waals surface area contributed by atoms with Crippen molar-refractivity contribution in [1.82, 2.24) is 10.3 Å². The molecule has 4 nitrogen and oxygen atoms in total. The van der Waals surface area contributed by atoms with Crippen molar-refractivity contribution < 1.29 is 9.47 Å². The molecule has 0 aliphatic heterocycles. The largest absolute Gasteiger partial charge is 0.377 e. The standard InChI is InChI=1S/C12H20N2O2S/c1-3-16-10-8-9(12(10)15-2)13-5-4-11-14-6-7-17-11/h6-7,9-10,12-13H,3-5,8H2,1-2H3. The van der Waals surface area contributed by atoms with Gasteiger partial charge in [0.15, 0.2) is 0 Å². The van der Waals surface area contributed by atoms with E-state index >= 15 is 0 Å². The Morgan fingerprint density at radius 1 is 1.59 bits per heavy atom. The fraction of sp³-hybridized carbons (Fsp3) is 0.750. The quantitative estimate of drug-likeness (QED) is 0.802. The summed E-state index contributed by atoms with van der Waals surface area (Å²) in [6, 6.07) is 0.427. The number of aromatic nitrogens is 1. The van der Waals surface area contributed by atoms with Crippen LogP contribution in [0.3, 0.4) is 0 Å². The number of thiazole rings is 1. The number of methoxy groups -OCH3 is 1. The van der Waals surface area contributed by atoms with E-state index in [2.05, 4.69) is 10.3 Å². The third kappa shape index (κ3) is 3.25. The van der Waals surface area contributed by atoms with E-state index in [-0.39, 0.29) is 12.2 Å². The monoisotopic (exact) mass is 256 g/mol. The molecular weight excluding hydrogens is 236 g/mol. The summed E-state index contributed by atoms with van der Waals surface area (Å²) >= 11 is 1.71. The molecule has 0 radical (unpaired) electrons. The highest BCUT2D eigenvalue weighted by molar-refractivity contribution is 7.09. The van der Waals surface area contributed by atoms with Crippen molar-refractivity contribution in [1.29, 1.82) is 0 Å². The van der Waals surface area contributed by atoms with Crippen LogP contribution in [0.2, 0.25) is 0 Å². The summed E-state index contributed by atoms with van der Waals surface area (Å²) in [6.45, 7) is 3.74. The highest BCUT2D eigenvalue weighted by Gasteiger charge is 2.41. The topological polar surface area (TPSA) is 43.4 Å². The molecule has 5 heteroatoms. The zero-order valence-electron chi connectivity index (χ0n) is 10.4. The van der Waals surface area contributed by atoms with Gasteiger partial charge < -0.3 is 14.8 Å². The zero-order valence-corrected chi connectivity index (χ0v) is 11.2. The third-order valence-corrected chi connectivity index (χ3v) is 3.97. The molecule has 3 atom stereocenters. The summed E-state index contributed by atoms with van der Waals surface area (Å²) < 4.78 is 11.0. The summed E-state index contributed by atoms with van der Waals surface area (Å²) in [6.07, 6.45) is 4.36. The van der Waals surface area contributed by atoms with Crippen LogP contribution < -0.4 is 5.32 Å². The molecule has 0 aromatic carbocycles. The lowest BCUT2D eigenvalue weighted by molar-refractivity contribution is -0.131. The molecule has 0 bridgehead atoms. The van der Waals surface area contributed by atoms with Crippen LogP contribution in [0.15, 0.2) is 11.6 Å². The minimum Gasteiger partial charge on any atom is -0.377 e. The fourth-order valence-electron chi connectivity index (χ4n) is 2.22. The lowest BCUT2D eigenvalue weighted by Crippen LogP contribution is -2.60. The summed E-state index contributed by atoms with van der Waals surface area (Å²) in [5, 5.41) is 6.71. The van der Waals surface area contributed by atoms with Crippen molar-refractivity contribution in [3.63, 3.8) is 0 Å². The average Bonchev–Trinajstić information content (AvgIpc) is 2.80. The van der Waals surface area contributed by atoms with Crippen molar-refractivity contribution in [3.8, 4) is 0 Å². The average molecular weight is 256 g/mol. The Morgan fingerprint density at radius 2 is 2.47 bits per heavy atom. The number of hydrogen-bond acceptors (Lipinski definition) is 5. The minimum absolute atomic E-state index is 0.200. The van der Waals surface area contributed by atoms with E-state index in [1.54, 1.807) is 18.4 Å². The Hall–Kier alpha value is -0.490. The molecule has 17 heavy (non-hydrogen) atoms. The summed E-state index contributed by atoms with van der Waals surface area (Å²) in [4.78, 5) is 4.26. The highest BCUT2D eigenvalue weighted by atomic mass is 32.1. The van der Waals surface area contributed by atoms with Gasteiger partial charge in [-0.1, -0.05) is 0 Å². The first-order chi connectivity index (χ1) is 8.35. The smallest absolute Gasteiger partial charge is 0.0986 e. The van der Waals surface area contributed by atoms with E-state index in [9.17, 15) is 0 Å². The number of nitrogens with one attached hydrogen (secondary N) is 1. The van der Waals surface area contributed by atoms with Crippen molar-refractivity contribution in [2.75, 3.05) is 20.3 Å². The molecule has 1 aromatic rings. The molecule has 1 aliphatic carbocycles. The Labute approximate surface area is 106 Å². The van der Waals surface area contributed by atoms with Crippen molar-refractivity contribution in [2.45, 2.75) is 38.0 Å². The van der Waals surface area contributed by atoms with Gasteiger partial charge in [-0.2, -0.15) is 0 Å². The molecule has 1 N–H and O–H groups in total. The van der Waals surface area contributed by atoms with Gasteiger partial charge in [-0.3, -0.25) is 0 Å². The summed E-state index contributed by atoms with van der Waals surface area (Å²) in [7, 11) is 1.76. The van der Waals surface area contributed by atoms with Gasteiger partial charge >= 0.3 is 0 Å². The fourth-order valence-corrected chi connectivity index (χ4v) is 2.84. The molecule has 1 aliphatic rings. The SMILES string of the molecule is CCOC1CC(NCCc2nccs2)C1OC. The molecule has 3 unspecified atom stereocenters. The van der Waals surface area contributed by atoms with E-state index < -0.39 is 0 Å². The molecular formula is C12H20N2O2S. The molecule has 96 valence electrons. The molecule has 0 amide bonds. The Bertz CT molecular complexity index is 318. The number of hydrogen-bond donors (Lipinski definition) is 1. The van der Waals surface area contributed by atoms with E-state index in [0.29, 0.717) is 6.04 Å². The van der Waals surface area contributed by atoms with E-state index in [0.717, 1.165) is 26.0 Å². The molecule has 2 rings (SSSR count). The predicted molar refractivity (Wildman–Crippen MR) is 68.4 cm³/mol. The van der Waals surface area contributed by atoms with E-state index in [1.165, 1.54) is 5.01 Å². The van der Waals surface area contributed by atoms with Gasteiger partial charge in [0.25, 0.3) is 0 Å². The highest BCUT2D eigenvalue weighted by Crippen LogP contribution is 2.26. The second-order valence-electron chi connectivity index (χ2n) is 4.17. The Morgan fingerprint density at radius 3 is 3.12 bits per heavy atom. The van der Waals surface area contributed by atoms with Crippen LogP contribution in [-0.4, -0.2) is 43.5 Å².